The summed E-state index contributed by atoms with van der Waals surface area (Å²) < 4.78 is 26.3. The number of aromatic amines is 1. The zero-order valence-corrected chi connectivity index (χ0v) is 16.3. The monoisotopic (exact) mass is 404 g/mol. The minimum Gasteiger partial charge on any atom is -0.340 e. The number of amides is 1. The summed E-state index contributed by atoms with van der Waals surface area (Å²) in [5, 5.41) is 10.5. The van der Waals surface area contributed by atoms with E-state index in [2.05, 4.69) is 30.1 Å². The Balaban J connectivity index is 1.43. The molecule has 0 saturated carbocycles. The highest BCUT2D eigenvalue weighted by Crippen LogP contribution is 2.16. The van der Waals surface area contributed by atoms with Gasteiger partial charge >= 0.3 is 0 Å². The van der Waals surface area contributed by atoms with Crippen LogP contribution in [-0.2, 0) is 14.8 Å². The largest absolute Gasteiger partial charge is 0.340 e. The molecule has 2 heterocycles. The van der Waals surface area contributed by atoms with Crippen LogP contribution < -0.4 is 14.9 Å². The highest BCUT2D eigenvalue weighted by atomic mass is 32.2. The first-order chi connectivity index (χ1) is 13.5. The SMILES string of the molecule is O=C(CCNS(=O)(=O)/C=C/c1ccccc1)Nc1nc(N2CCCCC2)n[nH]1. The molecule has 1 aromatic carbocycles. The maximum atomic E-state index is 12.0. The highest BCUT2D eigenvalue weighted by Gasteiger charge is 2.16. The lowest BCUT2D eigenvalue weighted by Gasteiger charge is -2.24. The summed E-state index contributed by atoms with van der Waals surface area (Å²) in [6.45, 7) is 1.80. The molecule has 10 heteroatoms. The number of piperidine rings is 1. The third kappa shape index (κ3) is 6.17. The Morgan fingerprint density at radius 3 is 2.68 bits per heavy atom. The summed E-state index contributed by atoms with van der Waals surface area (Å²) in [4.78, 5) is 18.3. The Morgan fingerprint density at radius 2 is 1.93 bits per heavy atom. The lowest BCUT2D eigenvalue weighted by atomic mass is 10.1. The van der Waals surface area contributed by atoms with Gasteiger partial charge in [0.25, 0.3) is 0 Å². The molecule has 150 valence electrons. The zero-order valence-electron chi connectivity index (χ0n) is 15.5. The van der Waals surface area contributed by atoms with E-state index in [-0.39, 0.29) is 24.8 Å². The molecule has 2 aromatic rings. The Hall–Kier alpha value is -2.72. The first kappa shape index (κ1) is 20.0. The van der Waals surface area contributed by atoms with Gasteiger partial charge in [-0.1, -0.05) is 30.3 Å². The third-order valence-corrected chi connectivity index (χ3v) is 5.37. The number of hydrogen-bond donors (Lipinski definition) is 3. The van der Waals surface area contributed by atoms with Gasteiger partial charge in [0.15, 0.2) is 0 Å². The quantitative estimate of drug-likeness (QED) is 0.616. The predicted molar refractivity (Wildman–Crippen MR) is 108 cm³/mol. The minimum atomic E-state index is -3.61. The van der Waals surface area contributed by atoms with E-state index in [0.717, 1.165) is 36.9 Å². The van der Waals surface area contributed by atoms with E-state index in [0.29, 0.717) is 5.95 Å². The number of carbonyl (C=O) groups excluding carboxylic acids is 1. The van der Waals surface area contributed by atoms with E-state index in [1.807, 2.05) is 18.2 Å². The summed E-state index contributed by atoms with van der Waals surface area (Å²) in [6, 6.07) is 9.10. The average Bonchev–Trinajstić information content (AvgIpc) is 3.16. The molecule has 0 radical (unpaired) electrons. The number of rotatable bonds is 8. The van der Waals surface area contributed by atoms with Crippen LogP contribution in [0.3, 0.4) is 0 Å². The van der Waals surface area contributed by atoms with E-state index >= 15 is 0 Å². The van der Waals surface area contributed by atoms with Crippen LogP contribution in [0.25, 0.3) is 6.08 Å². The molecule has 1 saturated heterocycles. The summed E-state index contributed by atoms with van der Waals surface area (Å²) in [5.74, 6) is 0.482. The Labute approximate surface area is 164 Å². The fourth-order valence-electron chi connectivity index (χ4n) is 2.83. The second-order valence-electron chi connectivity index (χ2n) is 6.48. The molecular weight excluding hydrogens is 380 g/mol. The van der Waals surface area contributed by atoms with Crippen molar-refractivity contribution in [3.05, 3.63) is 41.3 Å². The maximum Gasteiger partial charge on any atom is 0.246 e. The van der Waals surface area contributed by atoms with Crippen LogP contribution in [0.5, 0.6) is 0 Å². The molecule has 1 fully saturated rings. The number of nitrogens with zero attached hydrogens (tertiary/aromatic N) is 3. The molecule has 9 nitrogen and oxygen atoms in total. The van der Waals surface area contributed by atoms with E-state index in [9.17, 15) is 13.2 Å². The minimum absolute atomic E-state index is 0.0135. The van der Waals surface area contributed by atoms with Crippen molar-refractivity contribution in [2.24, 2.45) is 0 Å². The molecule has 0 bridgehead atoms. The fraction of sp³-hybridized carbons (Fsp3) is 0.389. The number of sulfonamides is 1. The molecular formula is C18H24N6O3S. The van der Waals surface area contributed by atoms with Gasteiger partial charge in [-0.05, 0) is 30.9 Å². The molecule has 0 spiro atoms. The number of carbonyl (C=O) groups is 1. The van der Waals surface area contributed by atoms with Gasteiger partial charge in [-0.25, -0.2) is 18.2 Å². The number of anilines is 2. The number of benzene rings is 1. The molecule has 0 unspecified atom stereocenters. The van der Waals surface area contributed by atoms with Crippen molar-refractivity contribution in [1.29, 1.82) is 0 Å². The summed E-state index contributed by atoms with van der Waals surface area (Å²) in [5.41, 5.74) is 0.778. The van der Waals surface area contributed by atoms with Crippen LogP contribution in [0.2, 0.25) is 0 Å². The first-order valence-electron chi connectivity index (χ1n) is 9.22. The standard InChI is InChI=1S/C18H24N6O3S/c25-16(20-17-21-18(23-22-17)24-12-5-2-6-13-24)9-11-19-28(26,27)14-10-15-7-3-1-4-8-15/h1,3-4,7-8,10,14,19H,2,5-6,9,11-13H2,(H2,20,21,22,23,25)/b14-10+. The number of aromatic nitrogens is 3. The third-order valence-electron chi connectivity index (χ3n) is 4.26. The van der Waals surface area contributed by atoms with Gasteiger partial charge in [0.2, 0.25) is 27.8 Å². The molecule has 3 rings (SSSR count). The van der Waals surface area contributed by atoms with Gasteiger partial charge in [-0.2, -0.15) is 4.98 Å². The fourth-order valence-corrected chi connectivity index (χ4v) is 3.65. The lowest BCUT2D eigenvalue weighted by molar-refractivity contribution is -0.116. The van der Waals surface area contributed by atoms with Gasteiger partial charge in [-0.15, -0.1) is 5.10 Å². The Morgan fingerprint density at radius 1 is 1.18 bits per heavy atom. The number of nitrogens with one attached hydrogen (secondary N) is 3. The van der Waals surface area contributed by atoms with Gasteiger partial charge < -0.3 is 4.90 Å². The van der Waals surface area contributed by atoms with Gasteiger partial charge in [0.1, 0.15) is 0 Å². The normalized spacial score (nSPS) is 15.1. The van der Waals surface area contributed by atoms with E-state index in [1.54, 1.807) is 12.1 Å². The molecule has 1 aliphatic heterocycles. The van der Waals surface area contributed by atoms with E-state index in [4.69, 9.17) is 0 Å². The summed E-state index contributed by atoms with van der Waals surface area (Å²) in [7, 11) is -3.61. The van der Waals surface area contributed by atoms with Crippen LogP contribution in [0.15, 0.2) is 35.7 Å². The Kier molecular flexibility index (Phi) is 6.77. The summed E-state index contributed by atoms with van der Waals surface area (Å²) >= 11 is 0. The zero-order chi connectivity index (χ0) is 19.8. The number of hydrogen-bond acceptors (Lipinski definition) is 6. The second-order valence-corrected chi connectivity index (χ2v) is 8.13. The smallest absolute Gasteiger partial charge is 0.246 e. The maximum absolute atomic E-state index is 12.0. The predicted octanol–water partition coefficient (Wildman–Crippen LogP) is 1.71. The molecule has 1 amide bonds. The summed E-state index contributed by atoms with van der Waals surface area (Å²) in [6.07, 6.45) is 4.91. The van der Waals surface area contributed by atoms with Crippen LogP contribution in [0.1, 0.15) is 31.2 Å². The highest BCUT2D eigenvalue weighted by molar-refractivity contribution is 7.92. The van der Waals surface area contributed by atoms with Crippen LogP contribution >= 0.6 is 0 Å². The van der Waals surface area contributed by atoms with E-state index < -0.39 is 10.0 Å². The molecule has 1 aliphatic rings. The van der Waals surface area contributed by atoms with E-state index in [1.165, 1.54) is 12.5 Å². The molecule has 0 atom stereocenters. The van der Waals surface area contributed by atoms with Gasteiger partial charge in [-0.3, -0.25) is 10.1 Å². The van der Waals surface area contributed by atoms with Crippen molar-refractivity contribution in [3.8, 4) is 0 Å². The molecule has 28 heavy (non-hydrogen) atoms. The topological polar surface area (TPSA) is 120 Å². The van der Waals surface area contributed by atoms with Crippen molar-refractivity contribution in [2.45, 2.75) is 25.7 Å². The molecule has 1 aromatic heterocycles. The molecule has 0 aliphatic carbocycles. The van der Waals surface area contributed by atoms with Crippen molar-refractivity contribution < 1.29 is 13.2 Å². The lowest BCUT2D eigenvalue weighted by Crippen LogP contribution is -2.30. The first-order valence-corrected chi connectivity index (χ1v) is 10.8. The second kappa shape index (κ2) is 9.47. The van der Waals surface area contributed by atoms with Crippen LogP contribution in [0.4, 0.5) is 11.9 Å². The van der Waals surface area contributed by atoms with Crippen molar-refractivity contribution in [3.63, 3.8) is 0 Å². The van der Waals surface area contributed by atoms with Crippen LogP contribution in [-0.4, -0.2) is 49.1 Å². The molecule has 3 N–H and O–H groups in total. The van der Waals surface area contributed by atoms with Crippen molar-refractivity contribution >= 4 is 33.9 Å². The number of H-pyrrole nitrogens is 1. The van der Waals surface area contributed by atoms with Crippen molar-refractivity contribution in [1.82, 2.24) is 19.9 Å². The van der Waals surface area contributed by atoms with Crippen molar-refractivity contribution in [2.75, 3.05) is 29.9 Å². The average molecular weight is 404 g/mol. The van der Waals surface area contributed by atoms with Gasteiger partial charge in [0, 0.05) is 31.5 Å². The Bertz CT molecular complexity index is 904. The van der Waals surface area contributed by atoms with Gasteiger partial charge in [0.05, 0.1) is 0 Å². The van der Waals surface area contributed by atoms with Crippen LogP contribution in [0, 0.1) is 0 Å².